The number of nitrogens with one attached hydrogen (secondary N) is 1. The fraction of sp³-hybridized carbons (Fsp3) is 0.364. The number of aromatic nitrogens is 2. The molecule has 0 saturated carbocycles. The zero-order valence-electron chi connectivity index (χ0n) is 9.69. The Morgan fingerprint density at radius 1 is 1.50 bits per heavy atom. The van der Waals surface area contributed by atoms with Crippen molar-refractivity contribution in [3.05, 3.63) is 28.1 Å². The molecule has 0 saturated heterocycles. The lowest BCUT2D eigenvalue weighted by Crippen LogP contribution is -2.07. The number of anilines is 2. The molecule has 16 heavy (non-hydrogen) atoms. The molecule has 86 valence electrons. The van der Waals surface area contributed by atoms with Crippen molar-refractivity contribution in [1.29, 1.82) is 0 Å². The van der Waals surface area contributed by atoms with E-state index in [0.29, 0.717) is 5.69 Å². The summed E-state index contributed by atoms with van der Waals surface area (Å²) in [6, 6.07) is 4.49. The van der Waals surface area contributed by atoms with Gasteiger partial charge in [0.25, 0.3) is 0 Å². The highest BCUT2D eigenvalue weighted by Crippen LogP contribution is 2.27. The van der Waals surface area contributed by atoms with Gasteiger partial charge in [-0.1, -0.05) is 0 Å². The first-order valence-corrected chi connectivity index (χ1v) is 6.00. The number of aryl methyl sites for hydroxylation is 2. The van der Waals surface area contributed by atoms with Gasteiger partial charge in [0.15, 0.2) is 5.82 Å². The van der Waals surface area contributed by atoms with Gasteiger partial charge < -0.3 is 11.1 Å². The van der Waals surface area contributed by atoms with Gasteiger partial charge in [0.05, 0.1) is 11.7 Å². The van der Waals surface area contributed by atoms with E-state index < -0.39 is 0 Å². The molecule has 4 nitrogen and oxygen atoms in total. The fourth-order valence-corrected chi connectivity index (χ4v) is 2.46. The number of nitrogens with two attached hydrogens (primary N) is 1. The topological polar surface area (TPSA) is 55.9 Å². The van der Waals surface area contributed by atoms with Crippen LogP contribution in [0.15, 0.2) is 18.3 Å². The molecule has 0 fully saturated rings. The number of nitrogen functional groups attached to an aromatic ring is 1. The monoisotopic (exact) mass is 236 g/mol. The normalized spacial score (nSPS) is 12.7. The molecular formula is C11H16N4S. The molecule has 2 aromatic rings. The van der Waals surface area contributed by atoms with Crippen LogP contribution in [-0.4, -0.2) is 9.78 Å². The Morgan fingerprint density at radius 2 is 2.25 bits per heavy atom. The first-order valence-electron chi connectivity index (χ1n) is 5.18. The maximum absolute atomic E-state index is 5.83. The summed E-state index contributed by atoms with van der Waals surface area (Å²) in [5.74, 6) is 0.751. The predicted molar refractivity (Wildman–Crippen MR) is 68.7 cm³/mol. The molecule has 0 amide bonds. The lowest BCUT2D eigenvalue weighted by Gasteiger charge is -2.11. The van der Waals surface area contributed by atoms with E-state index in [4.69, 9.17) is 5.73 Å². The van der Waals surface area contributed by atoms with E-state index in [9.17, 15) is 0 Å². The van der Waals surface area contributed by atoms with Gasteiger partial charge in [-0.15, -0.1) is 11.3 Å². The molecule has 1 unspecified atom stereocenters. The molecule has 2 rings (SSSR count). The van der Waals surface area contributed by atoms with Crippen LogP contribution in [0.2, 0.25) is 0 Å². The molecular weight excluding hydrogens is 220 g/mol. The molecule has 0 bridgehead atoms. The van der Waals surface area contributed by atoms with Gasteiger partial charge in [0, 0.05) is 23.0 Å². The van der Waals surface area contributed by atoms with E-state index in [2.05, 4.69) is 36.4 Å². The van der Waals surface area contributed by atoms with Crippen LogP contribution in [0.5, 0.6) is 0 Å². The lowest BCUT2D eigenvalue weighted by atomic mass is 10.2. The third kappa shape index (κ3) is 2.19. The molecule has 5 heteroatoms. The number of hydrogen-bond acceptors (Lipinski definition) is 4. The molecule has 2 aromatic heterocycles. The number of nitrogens with zero attached hydrogens (tertiary/aromatic N) is 2. The van der Waals surface area contributed by atoms with Crippen molar-refractivity contribution in [2.75, 3.05) is 11.1 Å². The first kappa shape index (κ1) is 11.0. The van der Waals surface area contributed by atoms with Crippen LogP contribution in [0.4, 0.5) is 11.5 Å². The maximum Gasteiger partial charge on any atom is 0.171 e. The van der Waals surface area contributed by atoms with Crippen LogP contribution in [0.1, 0.15) is 22.7 Å². The molecule has 0 aliphatic heterocycles. The van der Waals surface area contributed by atoms with Crippen molar-refractivity contribution in [1.82, 2.24) is 9.78 Å². The second-order valence-corrected chi connectivity index (χ2v) is 5.24. The smallest absolute Gasteiger partial charge is 0.171 e. The Balaban J connectivity index is 2.13. The highest BCUT2D eigenvalue weighted by Gasteiger charge is 2.11. The minimum absolute atomic E-state index is 0.232. The third-order valence-corrected chi connectivity index (χ3v) is 3.58. The van der Waals surface area contributed by atoms with Crippen LogP contribution < -0.4 is 11.1 Å². The lowest BCUT2D eigenvalue weighted by molar-refractivity contribution is 0.762. The number of hydrogen-bond donors (Lipinski definition) is 2. The molecule has 0 aliphatic carbocycles. The molecule has 0 radical (unpaired) electrons. The van der Waals surface area contributed by atoms with Gasteiger partial charge in [-0.2, -0.15) is 5.10 Å². The van der Waals surface area contributed by atoms with Crippen LogP contribution in [0.25, 0.3) is 0 Å². The molecule has 3 N–H and O–H groups in total. The van der Waals surface area contributed by atoms with E-state index in [0.717, 1.165) is 5.82 Å². The van der Waals surface area contributed by atoms with Gasteiger partial charge in [0.1, 0.15) is 0 Å². The van der Waals surface area contributed by atoms with Crippen LogP contribution in [0, 0.1) is 6.92 Å². The van der Waals surface area contributed by atoms with Gasteiger partial charge in [-0.3, -0.25) is 4.68 Å². The Labute approximate surface area is 99.1 Å². The number of thiophene rings is 1. The summed E-state index contributed by atoms with van der Waals surface area (Å²) in [6.07, 6.45) is 1.80. The molecule has 1 atom stereocenters. The van der Waals surface area contributed by atoms with E-state index in [1.807, 2.05) is 7.05 Å². The Bertz CT molecular complexity index is 486. The molecule has 0 spiro atoms. The second kappa shape index (κ2) is 4.17. The van der Waals surface area contributed by atoms with Gasteiger partial charge in [0.2, 0.25) is 0 Å². The third-order valence-electron chi connectivity index (χ3n) is 2.40. The average Bonchev–Trinajstić information content (AvgIpc) is 2.74. The zero-order chi connectivity index (χ0) is 11.7. The summed E-state index contributed by atoms with van der Waals surface area (Å²) in [4.78, 5) is 2.61. The van der Waals surface area contributed by atoms with Gasteiger partial charge in [-0.05, 0) is 26.0 Å². The summed E-state index contributed by atoms with van der Waals surface area (Å²) in [6.45, 7) is 4.22. The maximum atomic E-state index is 5.83. The van der Waals surface area contributed by atoms with Gasteiger partial charge >= 0.3 is 0 Å². The Hall–Kier alpha value is -1.49. The molecule has 0 aromatic carbocycles. The summed E-state index contributed by atoms with van der Waals surface area (Å²) >= 11 is 1.79. The van der Waals surface area contributed by atoms with Crippen molar-refractivity contribution in [2.45, 2.75) is 19.9 Å². The Morgan fingerprint density at radius 3 is 2.75 bits per heavy atom. The largest absolute Gasteiger partial charge is 0.394 e. The quantitative estimate of drug-likeness (QED) is 0.861. The highest BCUT2D eigenvalue weighted by molar-refractivity contribution is 7.12. The summed E-state index contributed by atoms with van der Waals surface area (Å²) in [5.41, 5.74) is 6.51. The van der Waals surface area contributed by atoms with Crippen molar-refractivity contribution < 1.29 is 0 Å². The van der Waals surface area contributed by atoms with Crippen molar-refractivity contribution in [3.8, 4) is 0 Å². The van der Waals surface area contributed by atoms with Gasteiger partial charge in [-0.25, -0.2) is 0 Å². The highest BCUT2D eigenvalue weighted by atomic mass is 32.1. The van der Waals surface area contributed by atoms with E-state index in [1.54, 1.807) is 22.2 Å². The minimum Gasteiger partial charge on any atom is -0.394 e. The zero-order valence-corrected chi connectivity index (χ0v) is 10.5. The van der Waals surface area contributed by atoms with Crippen molar-refractivity contribution in [2.24, 2.45) is 7.05 Å². The molecule has 2 heterocycles. The standard InChI is InChI=1S/C11H16N4S/c1-7-4-5-10(16-7)8(2)13-11-9(12)6-15(3)14-11/h4-6,8H,12H2,1-3H3,(H,13,14). The predicted octanol–water partition coefficient (Wildman–Crippen LogP) is 2.55. The van der Waals surface area contributed by atoms with Crippen LogP contribution in [0.3, 0.4) is 0 Å². The van der Waals surface area contributed by atoms with Crippen LogP contribution >= 0.6 is 11.3 Å². The minimum atomic E-state index is 0.232. The number of rotatable bonds is 3. The van der Waals surface area contributed by atoms with Crippen molar-refractivity contribution >= 4 is 22.8 Å². The van der Waals surface area contributed by atoms with Crippen LogP contribution in [-0.2, 0) is 7.05 Å². The second-order valence-electron chi connectivity index (χ2n) is 3.92. The summed E-state index contributed by atoms with van der Waals surface area (Å²) < 4.78 is 1.71. The van der Waals surface area contributed by atoms with E-state index in [-0.39, 0.29) is 6.04 Å². The van der Waals surface area contributed by atoms with E-state index in [1.165, 1.54) is 9.75 Å². The van der Waals surface area contributed by atoms with E-state index >= 15 is 0 Å². The average molecular weight is 236 g/mol. The SMILES string of the molecule is Cc1ccc(C(C)Nc2nn(C)cc2N)s1. The summed E-state index contributed by atoms with van der Waals surface area (Å²) in [5, 5.41) is 7.58. The molecule has 0 aliphatic rings. The summed E-state index contributed by atoms with van der Waals surface area (Å²) in [7, 11) is 1.86. The fourth-order valence-electron chi connectivity index (χ4n) is 1.58. The Kier molecular flexibility index (Phi) is 2.87. The van der Waals surface area contributed by atoms with Crippen molar-refractivity contribution in [3.63, 3.8) is 0 Å². The first-order chi connectivity index (χ1) is 7.56.